The van der Waals surface area contributed by atoms with Gasteiger partial charge >= 0.3 is 0 Å². The number of carbonyl (C=O) groups is 1. The number of pyridine rings is 1. The number of aromatic amines is 1. The van der Waals surface area contributed by atoms with E-state index in [0.717, 1.165) is 22.3 Å². The molecule has 140 valence electrons. The van der Waals surface area contributed by atoms with Crippen LogP contribution >= 0.6 is 11.8 Å². The third-order valence-electron chi connectivity index (χ3n) is 4.25. The van der Waals surface area contributed by atoms with Crippen molar-refractivity contribution in [1.82, 2.24) is 4.98 Å². The standard InChI is InChI=1S/C21H22N2O3S/c1-13-7-8-19(26-3)17(9-13)23-20(25)12-27-11-15-10-18(24)16-6-4-5-14(2)21(16)22-15/h4-10H,11-12H2,1-3H3,(H,22,24)(H,23,25). The largest absolute Gasteiger partial charge is 0.495 e. The number of H-pyrrole nitrogens is 1. The fourth-order valence-electron chi connectivity index (χ4n) is 2.91. The van der Waals surface area contributed by atoms with Gasteiger partial charge in [0, 0.05) is 22.9 Å². The lowest BCUT2D eigenvalue weighted by Crippen LogP contribution is -2.15. The molecule has 2 aromatic carbocycles. The second kappa shape index (κ2) is 8.31. The molecule has 3 aromatic rings. The Morgan fingerprint density at radius 3 is 2.78 bits per heavy atom. The molecule has 6 heteroatoms. The molecule has 0 aliphatic rings. The second-order valence-electron chi connectivity index (χ2n) is 6.40. The third kappa shape index (κ3) is 4.52. The van der Waals surface area contributed by atoms with Crippen LogP contribution in [0.1, 0.15) is 16.8 Å². The Labute approximate surface area is 162 Å². The van der Waals surface area contributed by atoms with Crippen molar-refractivity contribution in [3.8, 4) is 5.75 Å². The SMILES string of the molecule is COc1ccc(C)cc1NC(=O)CSCc1cc(=O)c2cccc(C)c2[nH]1. The molecule has 0 atom stereocenters. The Hall–Kier alpha value is -2.73. The maximum Gasteiger partial charge on any atom is 0.234 e. The summed E-state index contributed by atoms with van der Waals surface area (Å²) in [5.74, 6) is 1.36. The number of rotatable bonds is 6. The minimum atomic E-state index is -0.108. The van der Waals surface area contributed by atoms with Crippen LogP contribution in [-0.4, -0.2) is 23.8 Å². The van der Waals surface area contributed by atoms with Crippen molar-refractivity contribution in [3.05, 3.63) is 69.5 Å². The molecule has 1 heterocycles. The Balaban J connectivity index is 1.64. The van der Waals surface area contributed by atoms with Gasteiger partial charge in [-0.15, -0.1) is 11.8 Å². The van der Waals surface area contributed by atoms with E-state index in [-0.39, 0.29) is 17.1 Å². The molecule has 0 saturated heterocycles. The number of para-hydroxylation sites is 1. The Bertz CT molecular complexity index is 1040. The van der Waals surface area contributed by atoms with E-state index in [4.69, 9.17) is 4.74 Å². The van der Waals surface area contributed by atoms with Gasteiger partial charge in [-0.1, -0.05) is 18.2 Å². The van der Waals surface area contributed by atoms with Gasteiger partial charge in [-0.3, -0.25) is 9.59 Å². The number of anilines is 1. The monoisotopic (exact) mass is 382 g/mol. The van der Waals surface area contributed by atoms with Crippen LogP contribution in [0.25, 0.3) is 10.9 Å². The summed E-state index contributed by atoms with van der Waals surface area (Å²) >= 11 is 1.45. The van der Waals surface area contributed by atoms with Crippen molar-refractivity contribution in [2.45, 2.75) is 19.6 Å². The summed E-state index contributed by atoms with van der Waals surface area (Å²) < 4.78 is 5.28. The molecule has 0 radical (unpaired) electrons. The first-order valence-corrected chi connectivity index (χ1v) is 9.77. The predicted octanol–water partition coefficient (Wildman–Crippen LogP) is 4.03. The molecular formula is C21H22N2O3S. The van der Waals surface area contributed by atoms with Gasteiger partial charge in [-0.2, -0.15) is 0 Å². The van der Waals surface area contributed by atoms with Crippen molar-refractivity contribution >= 4 is 34.3 Å². The van der Waals surface area contributed by atoms with Gasteiger partial charge in [-0.25, -0.2) is 0 Å². The molecule has 3 rings (SSSR count). The van der Waals surface area contributed by atoms with Crippen molar-refractivity contribution in [1.29, 1.82) is 0 Å². The number of nitrogens with one attached hydrogen (secondary N) is 2. The zero-order valence-electron chi connectivity index (χ0n) is 15.6. The van der Waals surface area contributed by atoms with E-state index in [1.54, 1.807) is 13.2 Å². The maximum atomic E-state index is 12.3. The van der Waals surface area contributed by atoms with E-state index in [0.29, 0.717) is 22.6 Å². The number of carbonyl (C=O) groups excluding carboxylic acids is 1. The van der Waals surface area contributed by atoms with E-state index >= 15 is 0 Å². The minimum absolute atomic E-state index is 0.00278. The number of amides is 1. The number of ether oxygens (including phenoxy) is 1. The average Bonchev–Trinajstić information content (AvgIpc) is 2.63. The van der Waals surface area contributed by atoms with Gasteiger partial charge in [0.25, 0.3) is 0 Å². The molecule has 5 nitrogen and oxygen atoms in total. The quantitative estimate of drug-likeness (QED) is 0.675. The molecule has 0 fully saturated rings. The minimum Gasteiger partial charge on any atom is -0.495 e. The lowest BCUT2D eigenvalue weighted by molar-refractivity contribution is -0.113. The summed E-state index contributed by atoms with van der Waals surface area (Å²) in [4.78, 5) is 27.8. The molecule has 0 aliphatic carbocycles. The number of benzene rings is 2. The van der Waals surface area contributed by atoms with Gasteiger partial charge in [-0.05, 0) is 43.2 Å². The van der Waals surface area contributed by atoms with Crippen LogP contribution in [0.15, 0.2) is 47.3 Å². The van der Waals surface area contributed by atoms with E-state index < -0.39 is 0 Å². The predicted molar refractivity (Wildman–Crippen MR) is 112 cm³/mol. The number of methoxy groups -OCH3 is 1. The van der Waals surface area contributed by atoms with E-state index in [1.165, 1.54) is 11.8 Å². The number of aryl methyl sites for hydroxylation is 2. The highest BCUT2D eigenvalue weighted by Gasteiger charge is 2.09. The zero-order chi connectivity index (χ0) is 19.4. The Kier molecular flexibility index (Phi) is 5.86. The maximum absolute atomic E-state index is 12.3. The summed E-state index contributed by atoms with van der Waals surface area (Å²) in [5, 5.41) is 3.57. The van der Waals surface area contributed by atoms with Crippen LogP contribution in [0.3, 0.4) is 0 Å². The van der Waals surface area contributed by atoms with Gasteiger partial charge in [0.15, 0.2) is 5.43 Å². The topological polar surface area (TPSA) is 71.2 Å². The van der Waals surface area contributed by atoms with Gasteiger partial charge in [0.05, 0.1) is 24.1 Å². The molecule has 0 spiro atoms. The number of aromatic nitrogens is 1. The second-order valence-corrected chi connectivity index (χ2v) is 7.39. The smallest absolute Gasteiger partial charge is 0.234 e. The third-order valence-corrected chi connectivity index (χ3v) is 5.23. The van der Waals surface area contributed by atoms with Crippen LogP contribution in [0.2, 0.25) is 0 Å². The summed E-state index contributed by atoms with van der Waals surface area (Å²) in [6, 6.07) is 12.9. The first-order valence-electron chi connectivity index (χ1n) is 8.61. The first kappa shape index (κ1) is 19.0. The summed E-state index contributed by atoms with van der Waals surface area (Å²) in [6.45, 7) is 3.93. The highest BCUT2D eigenvalue weighted by Crippen LogP contribution is 2.25. The first-order chi connectivity index (χ1) is 13.0. The van der Waals surface area contributed by atoms with Gasteiger partial charge in [0.1, 0.15) is 5.75 Å². The van der Waals surface area contributed by atoms with Crippen LogP contribution in [0, 0.1) is 13.8 Å². The van der Waals surface area contributed by atoms with Crippen molar-refractivity contribution < 1.29 is 9.53 Å². The molecule has 1 aromatic heterocycles. The van der Waals surface area contributed by atoms with Crippen molar-refractivity contribution in [2.24, 2.45) is 0 Å². The highest BCUT2D eigenvalue weighted by atomic mass is 32.2. The van der Waals surface area contributed by atoms with Gasteiger partial charge < -0.3 is 15.0 Å². The fourth-order valence-corrected chi connectivity index (χ4v) is 3.64. The summed E-state index contributed by atoms with van der Waals surface area (Å²) in [6.07, 6.45) is 0. The molecule has 2 N–H and O–H groups in total. The highest BCUT2D eigenvalue weighted by molar-refractivity contribution is 7.99. The molecular weight excluding hydrogens is 360 g/mol. The molecule has 27 heavy (non-hydrogen) atoms. The average molecular weight is 382 g/mol. The fraction of sp³-hybridized carbons (Fsp3) is 0.238. The van der Waals surface area contributed by atoms with E-state index in [2.05, 4.69) is 10.3 Å². The van der Waals surface area contributed by atoms with E-state index in [9.17, 15) is 9.59 Å². The molecule has 0 aliphatic heterocycles. The summed E-state index contributed by atoms with van der Waals surface area (Å²) in [7, 11) is 1.58. The van der Waals surface area contributed by atoms with Gasteiger partial charge in [0.2, 0.25) is 5.91 Å². The number of fused-ring (bicyclic) bond motifs is 1. The van der Waals surface area contributed by atoms with Crippen molar-refractivity contribution in [2.75, 3.05) is 18.2 Å². The normalized spacial score (nSPS) is 10.8. The molecule has 0 saturated carbocycles. The zero-order valence-corrected chi connectivity index (χ0v) is 16.4. The lowest BCUT2D eigenvalue weighted by Gasteiger charge is -2.11. The Morgan fingerprint density at radius 2 is 2.00 bits per heavy atom. The molecule has 0 unspecified atom stereocenters. The van der Waals surface area contributed by atoms with Crippen molar-refractivity contribution in [3.63, 3.8) is 0 Å². The van der Waals surface area contributed by atoms with Crippen LogP contribution < -0.4 is 15.5 Å². The molecule has 0 bridgehead atoms. The van der Waals surface area contributed by atoms with E-state index in [1.807, 2.05) is 50.2 Å². The van der Waals surface area contributed by atoms with Crippen LogP contribution in [-0.2, 0) is 10.5 Å². The number of thioether (sulfide) groups is 1. The number of hydrogen-bond acceptors (Lipinski definition) is 4. The number of hydrogen-bond donors (Lipinski definition) is 2. The molecule has 1 amide bonds. The van der Waals surface area contributed by atoms with Crippen LogP contribution in [0.4, 0.5) is 5.69 Å². The Morgan fingerprint density at radius 1 is 1.19 bits per heavy atom. The lowest BCUT2D eigenvalue weighted by atomic mass is 10.1. The van der Waals surface area contributed by atoms with Crippen LogP contribution in [0.5, 0.6) is 5.75 Å². The summed E-state index contributed by atoms with van der Waals surface area (Å²) in [5.41, 5.74) is 4.40.